The second-order valence-corrected chi connectivity index (χ2v) is 6.87. The lowest BCUT2D eigenvalue weighted by Crippen LogP contribution is -2.11. The van der Waals surface area contributed by atoms with E-state index in [-0.39, 0.29) is 10.5 Å². The zero-order valence-electron chi connectivity index (χ0n) is 11.0. The van der Waals surface area contributed by atoms with Gasteiger partial charge in [0.15, 0.2) is 6.29 Å². The zero-order chi connectivity index (χ0) is 15.9. The van der Waals surface area contributed by atoms with Gasteiger partial charge in [0, 0.05) is 22.2 Å². The van der Waals surface area contributed by atoms with Gasteiger partial charge in [-0.25, -0.2) is 16.8 Å². The largest absolute Gasteiger partial charge is 0.298 e. The predicted molar refractivity (Wildman–Crippen MR) is 81.3 cm³/mol. The van der Waals surface area contributed by atoms with Crippen LogP contribution in [0.4, 0.5) is 4.39 Å². The Morgan fingerprint density at radius 3 is 2.41 bits per heavy atom. The van der Waals surface area contributed by atoms with Crippen LogP contribution in [0.2, 0.25) is 5.02 Å². The molecule has 0 fully saturated rings. The lowest BCUT2D eigenvalue weighted by molar-refractivity contribution is 0.112. The van der Waals surface area contributed by atoms with Gasteiger partial charge in [-0.2, -0.15) is 0 Å². The summed E-state index contributed by atoms with van der Waals surface area (Å²) < 4.78 is 39.3. The summed E-state index contributed by atoms with van der Waals surface area (Å²) in [6.07, 6.45) is 1.79. The first-order chi connectivity index (χ1) is 10.4. The van der Waals surface area contributed by atoms with Gasteiger partial charge in [0.25, 0.3) is 10.0 Å². The average Bonchev–Trinajstić information content (AvgIpc) is 2.86. The molecule has 2 aromatic carbocycles. The van der Waals surface area contributed by atoms with Crippen LogP contribution in [-0.2, 0) is 10.0 Å². The maximum Gasteiger partial charge on any atom is 0.268 e. The van der Waals surface area contributed by atoms with Crippen LogP contribution >= 0.6 is 11.6 Å². The maximum atomic E-state index is 13.0. The van der Waals surface area contributed by atoms with E-state index in [9.17, 15) is 17.6 Å². The third-order valence-electron chi connectivity index (χ3n) is 3.26. The first-order valence-electron chi connectivity index (χ1n) is 6.20. The van der Waals surface area contributed by atoms with Crippen molar-refractivity contribution in [1.29, 1.82) is 0 Å². The number of carbonyl (C=O) groups excluding carboxylic acids is 1. The fraction of sp³-hybridized carbons (Fsp3) is 0. The summed E-state index contributed by atoms with van der Waals surface area (Å²) in [6, 6.07) is 9.06. The van der Waals surface area contributed by atoms with E-state index in [4.69, 9.17) is 11.6 Å². The molecule has 7 heteroatoms. The molecule has 0 unspecified atom stereocenters. The Bertz CT molecular complexity index is 978. The summed E-state index contributed by atoms with van der Waals surface area (Å²) in [5.74, 6) is -0.531. The van der Waals surface area contributed by atoms with Crippen LogP contribution in [0.25, 0.3) is 10.9 Å². The number of carbonyl (C=O) groups is 1. The van der Waals surface area contributed by atoms with Gasteiger partial charge in [0.05, 0.1) is 10.4 Å². The Morgan fingerprint density at radius 1 is 1.09 bits per heavy atom. The van der Waals surface area contributed by atoms with Crippen LogP contribution in [0.5, 0.6) is 0 Å². The molecule has 4 nitrogen and oxygen atoms in total. The van der Waals surface area contributed by atoms with Gasteiger partial charge < -0.3 is 0 Å². The molecule has 0 bridgehead atoms. The molecule has 1 aromatic heterocycles. The lowest BCUT2D eigenvalue weighted by Gasteiger charge is -2.07. The van der Waals surface area contributed by atoms with Gasteiger partial charge in [-0.05, 0) is 42.5 Å². The minimum Gasteiger partial charge on any atom is -0.298 e. The van der Waals surface area contributed by atoms with Gasteiger partial charge in [0.2, 0.25) is 0 Å². The Balaban J connectivity index is 2.29. The van der Waals surface area contributed by atoms with Crippen LogP contribution in [0, 0.1) is 5.82 Å². The molecule has 0 saturated carbocycles. The highest BCUT2D eigenvalue weighted by atomic mass is 35.5. The van der Waals surface area contributed by atoms with Crippen LogP contribution in [0.1, 0.15) is 10.4 Å². The highest BCUT2D eigenvalue weighted by Gasteiger charge is 2.21. The van der Waals surface area contributed by atoms with Crippen molar-refractivity contribution in [3.8, 4) is 0 Å². The summed E-state index contributed by atoms with van der Waals surface area (Å²) in [6.45, 7) is 0. The molecule has 0 aliphatic carbocycles. The molecule has 0 amide bonds. The predicted octanol–water partition coefficient (Wildman–Crippen LogP) is 3.48. The number of halogens is 2. The minimum absolute atomic E-state index is 0.0711. The van der Waals surface area contributed by atoms with Crippen LogP contribution < -0.4 is 0 Å². The van der Waals surface area contributed by atoms with E-state index in [1.165, 1.54) is 36.5 Å². The Hall–Kier alpha value is -2.18. The molecular formula is C15H9ClFNO3S. The van der Waals surface area contributed by atoms with E-state index in [1.807, 2.05) is 0 Å². The second kappa shape index (κ2) is 5.23. The quantitative estimate of drug-likeness (QED) is 0.687. The van der Waals surface area contributed by atoms with Gasteiger partial charge in [-0.3, -0.25) is 4.79 Å². The van der Waals surface area contributed by atoms with E-state index >= 15 is 0 Å². The lowest BCUT2D eigenvalue weighted by atomic mass is 10.2. The van der Waals surface area contributed by atoms with Crippen molar-refractivity contribution in [3.63, 3.8) is 0 Å². The first-order valence-corrected chi connectivity index (χ1v) is 8.02. The van der Waals surface area contributed by atoms with Gasteiger partial charge in [-0.15, -0.1) is 0 Å². The molecule has 0 aliphatic heterocycles. The normalized spacial score (nSPS) is 11.7. The van der Waals surface area contributed by atoms with Crippen molar-refractivity contribution in [2.75, 3.05) is 0 Å². The number of nitrogens with zero attached hydrogens (tertiary/aromatic N) is 1. The smallest absolute Gasteiger partial charge is 0.268 e. The van der Waals surface area contributed by atoms with Crippen molar-refractivity contribution in [2.45, 2.75) is 4.90 Å². The molecule has 0 atom stereocenters. The zero-order valence-corrected chi connectivity index (χ0v) is 12.6. The number of benzene rings is 2. The summed E-state index contributed by atoms with van der Waals surface area (Å²) in [4.78, 5) is 11.1. The van der Waals surface area contributed by atoms with E-state index in [2.05, 4.69) is 0 Å². The van der Waals surface area contributed by atoms with Crippen LogP contribution in [-0.4, -0.2) is 18.7 Å². The molecule has 0 radical (unpaired) electrons. The highest BCUT2D eigenvalue weighted by Crippen LogP contribution is 2.27. The monoisotopic (exact) mass is 337 g/mol. The fourth-order valence-corrected chi connectivity index (χ4v) is 3.76. The number of fused-ring (bicyclic) bond motifs is 1. The summed E-state index contributed by atoms with van der Waals surface area (Å²) >= 11 is 5.89. The van der Waals surface area contributed by atoms with Crippen LogP contribution in [0.3, 0.4) is 0 Å². The number of aldehydes is 1. The van der Waals surface area contributed by atoms with Gasteiger partial charge in [0.1, 0.15) is 5.82 Å². The second-order valence-electron chi connectivity index (χ2n) is 4.62. The van der Waals surface area contributed by atoms with Crippen LogP contribution in [0.15, 0.2) is 53.6 Å². The van der Waals surface area contributed by atoms with E-state index < -0.39 is 15.8 Å². The molecule has 3 rings (SSSR count). The fourth-order valence-electron chi connectivity index (χ4n) is 2.21. The van der Waals surface area contributed by atoms with Gasteiger partial charge >= 0.3 is 0 Å². The molecule has 112 valence electrons. The summed E-state index contributed by atoms with van der Waals surface area (Å²) in [5, 5.41) is 0.834. The summed E-state index contributed by atoms with van der Waals surface area (Å²) in [7, 11) is -3.94. The van der Waals surface area contributed by atoms with E-state index in [0.717, 1.165) is 16.1 Å². The number of hydrogen-bond acceptors (Lipinski definition) is 3. The van der Waals surface area contributed by atoms with E-state index in [1.54, 1.807) is 0 Å². The molecule has 3 aromatic rings. The Labute approximate surface area is 130 Å². The molecule has 0 saturated heterocycles. The molecule has 22 heavy (non-hydrogen) atoms. The third kappa shape index (κ3) is 2.30. The third-order valence-corrected chi connectivity index (χ3v) is 5.18. The minimum atomic E-state index is -3.94. The van der Waals surface area contributed by atoms with Gasteiger partial charge in [-0.1, -0.05) is 11.6 Å². The molecule has 1 heterocycles. The average molecular weight is 338 g/mol. The van der Waals surface area contributed by atoms with Crippen molar-refractivity contribution in [2.24, 2.45) is 0 Å². The maximum absolute atomic E-state index is 13.0. The SMILES string of the molecule is O=Cc1cn(S(=O)(=O)c2ccc(F)cc2)c2ccc(Cl)cc12. The van der Waals surface area contributed by atoms with Crippen molar-refractivity contribution in [3.05, 3.63) is 65.1 Å². The standard InChI is InChI=1S/C15H9ClFNO3S/c16-11-1-6-15-14(7-11)10(9-19)8-18(15)22(20,21)13-4-2-12(17)3-5-13/h1-9H. The number of hydrogen-bond donors (Lipinski definition) is 0. The topological polar surface area (TPSA) is 56.1 Å². The molecule has 0 aliphatic rings. The number of rotatable bonds is 3. The number of aromatic nitrogens is 1. The molecule has 0 spiro atoms. The Morgan fingerprint density at radius 2 is 1.77 bits per heavy atom. The molecule has 0 N–H and O–H groups in total. The van der Waals surface area contributed by atoms with E-state index in [0.29, 0.717) is 22.2 Å². The van der Waals surface area contributed by atoms with Crippen molar-refractivity contribution in [1.82, 2.24) is 3.97 Å². The first kappa shape index (κ1) is 14.7. The Kier molecular flexibility index (Phi) is 3.50. The molecular weight excluding hydrogens is 329 g/mol. The summed E-state index contributed by atoms with van der Waals surface area (Å²) in [5.41, 5.74) is 0.541. The van der Waals surface area contributed by atoms with Crippen molar-refractivity contribution < 1.29 is 17.6 Å². The highest BCUT2D eigenvalue weighted by molar-refractivity contribution is 7.90. The van der Waals surface area contributed by atoms with Crippen molar-refractivity contribution >= 4 is 38.8 Å².